The van der Waals surface area contributed by atoms with E-state index in [1.165, 1.54) is 26.0 Å². The van der Waals surface area contributed by atoms with Crippen molar-refractivity contribution in [2.45, 2.75) is 72.6 Å². The maximum Gasteiger partial charge on any atom is 0.311 e. The molecule has 0 bridgehead atoms. The van der Waals surface area contributed by atoms with Crippen molar-refractivity contribution in [2.24, 2.45) is 5.41 Å². The van der Waals surface area contributed by atoms with Gasteiger partial charge in [0, 0.05) is 49.5 Å². The number of ether oxygens (including phenoxy) is 5. The van der Waals surface area contributed by atoms with E-state index < -0.39 is 41.1 Å². The second kappa shape index (κ2) is 24.6. The summed E-state index contributed by atoms with van der Waals surface area (Å²) in [7, 11) is 0. The van der Waals surface area contributed by atoms with Gasteiger partial charge in [-0.3, -0.25) is 38.5 Å². The van der Waals surface area contributed by atoms with Crippen LogP contribution in [0.25, 0.3) is 0 Å². The SMILES string of the molecule is CCC(C)(C)C(=O)OCc1ccc(NC(=O)[C@@H](C)NC(=O)[C@@H](C)NC(=O)CCOCCOCCOCCOCCNC(=O)CCN2C(=O)C=CC2=O)cc1.[HH].[HH].[HH].[HH]. The first-order valence-corrected chi connectivity index (χ1v) is 18.0. The van der Waals surface area contributed by atoms with Crippen LogP contribution >= 0.6 is 0 Å². The lowest BCUT2D eigenvalue weighted by Gasteiger charge is -2.20. The highest BCUT2D eigenvalue weighted by Crippen LogP contribution is 2.22. The van der Waals surface area contributed by atoms with E-state index in [1.54, 1.807) is 24.3 Å². The Balaban J connectivity index is -0.00000756. The largest absolute Gasteiger partial charge is 0.460 e. The fraction of sp³-hybridized carbons (Fsp3) is 0.595. The predicted molar refractivity (Wildman–Crippen MR) is 204 cm³/mol. The predicted octanol–water partition coefficient (Wildman–Crippen LogP) is 1.99. The zero-order chi connectivity index (χ0) is 39.9. The number of esters is 1. The molecule has 1 aliphatic heterocycles. The lowest BCUT2D eigenvalue weighted by molar-refractivity contribution is -0.155. The van der Waals surface area contributed by atoms with Gasteiger partial charge in [0.15, 0.2) is 0 Å². The topological polar surface area (TPSA) is 217 Å². The van der Waals surface area contributed by atoms with Gasteiger partial charge in [0.2, 0.25) is 23.6 Å². The zero-order valence-corrected chi connectivity index (χ0v) is 31.9. The van der Waals surface area contributed by atoms with Crippen molar-refractivity contribution in [1.29, 1.82) is 0 Å². The summed E-state index contributed by atoms with van der Waals surface area (Å²) in [5.74, 6) is -2.75. The molecule has 4 N–H and O–H groups in total. The molecule has 2 rings (SSSR count). The van der Waals surface area contributed by atoms with E-state index in [0.717, 1.165) is 10.5 Å². The Bertz CT molecular complexity index is 1440. The molecule has 0 radical (unpaired) electrons. The van der Waals surface area contributed by atoms with Crippen molar-refractivity contribution in [1.82, 2.24) is 20.9 Å². The van der Waals surface area contributed by atoms with Crippen LogP contribution in [0.15, 0.2) is 36.4 Å². The standard InChI is InChI=1S/C37H55N5O12.4H2/c1-6-37(4,5)36(49)54-25-28-7-9-29(10-8-28)41-35(48)27(3)40-34(47)26(2)39-31(44)14-17-50-19-21-52-23-24-53-22-20-51-18-15-38-30(43)13-16-42-32(45)11-12-33(42)46;;;;/h7-12,26-27H,6,13-25H2,1-5H3,(H,38,43)(H,39,44)(H,40,47)(H,41,48);4*1H/t26-,27-;;;;/m1..../s1. The maximum absolute atomic E-state index is 12.6. The Morgan fingerprint density at radius 3 is 1.83 bits per heavy atom. The molecule has 0 unspecified atom stereocenters. The first-order valence-electron chi connectivity index (χ1n) is 18.0. The van der Waals surface area contributed by atoms with Gasteiger partial charge < -0.3 is 45.0 Å². The van der Waals surface area contributed by atoms with E-state index in [-0.39, 0.29) is 75.8 Å². The molecule has 2 atom stereocenters. The summed E-state index contributed by atoms with van der Waals surface area (Å²) in [6.45, 7) is 11.4. The van der Waals surface area contributed by atoms with Crippen molar-refractivity contribution in [3.8, 4) is 0 Å². The van der Waals surface area contributed by atoms with E-state index in [2.05, 4.69) is 21.3 Å². The number of nitrogens with zero attached hydrogens (tertiary/aromatic N) is 1. The molecule has 0 aromatic heterocycles. The minimum atomic E-state index is -0.877. The van der Waals surface area contributed by atoms with Crippen LogP contribution in [0, 0.1) is 5.41 Å². The van der Waals surface area contributed by atoms with Gasteiger partial charge in [-0.05, 0) is 51.8 Å². The smallest absolute Gasteiger partial charge is 0.311 e. The van der Waals surface area contributed by atoms with Crippen molar-refractivity contribution in [3.05, 3.63) is 42.0 Å². The highest BCUT2D eigenvalue weighted by Gasteiger charge is 2.27. The number of nitrogens with one attached hydrogen (secondary N) is 4. The minimum Gasteiger partial charge on any atom is -0.460 e. The number of imide groups is 1. The Morgan fingerprint density at radius 1 is 0.722 bits per heavy atom. The summed E-state index contributed by atoms with van der Waals surface area (Å²) in [6, 6.07) is 5.08. The van der Waals surface area contributed by atoms with Gasteiger partial charge in [-0.1, -0.05) is 19.1 Å². The number of rotatable bonds is 27. The number of carbonyl (C=O) groups is 7. The molecule has 6 amide bonds. The van der Waals surface area contributed by atoms with Gasteiger partial charge in [-0.15, -0.1) is 0 Å². The van der Waals surface area contributed by atoms with Crippen LogP contribution in [0.5, 0.6) is 0 Å². The molecule has 17 nitrogen and oxygen atoms in total. The number of anilines is 1. The monoisotopic (exact) mass is 769 g/mol. The molecule has 0 aliphatic carbocycles. The summed E-state index contributed by atoms with van der Waals surface area (Å²) in [4.78, 5) is 85.4. The van der Waals surface area contributed by atoms with E-state index in [4.69, 9.17) is 23.7 Å². The fourth-order valence-electron chi connectivity index (χ4n) is 4.35. The fourth-order valence-corrected chi connectivity index (χ4v) is 4.35. The van der Waals surface area contributed by atoms with Crippen molar-refractivity contribution >= 4 is 47.1 Å². The number of carbonyl (C=O) groups excluding carboxylic acids is 7. The van der Waals surface area contributed by atoms with Gasteiger partial charge in [0.25, 0.3) is 11.8 Å². The number of hydrogen-bond acceptors (Lipinski definition) is 12. The van der Waals surface area contributed by atoms with Crippen LogP contribution < -0.4 is 21.3 Å². The molecule has 0 saturated heterocycles. The quantitative estimate of drug-likeness (QED) is 0.0574. The van der Waals surface area contributed by atoms with Crippen molar-refractivity contribution in [3.63, 3.8) is 0 Å². The lowest BCUT2D eigenvalue weighted by atomic mass is 9.91. The molecule has 1 aromatic carbocycles. The summed E-state index contributed by atoms with van der Waals surface area (Å²) < 4.78 is 27.0. The van der Waals surface area contributed by atoms with E-state index in [9.17, 15) is 33.6 Å². The van der Waals surface area contributed by atoms with Crippen molar-refractivity contribution < 1.29 is 63.0 Å². The summed E-state index contributed by atoms with van der Waals surface area (Å²) in [5.41, 5.74) is 0.717. The summed E-state index contributed by atoms with van der Waals surface area (Å²) in [6.07, 6.45) is 3.06. The van der Waals surface area contributed by atoms with Crippen LogP contribution in [-0.2, 0) is 63.9 Å². The molecular formula is C37H63N5O12. The van der Waals surface area contributed by atoms with Crippen LogP contribution in [-0.4, -0.2) is 124 Å². The van der Waals surface area contributed by atoms with E-state index >= 15 is 0 Å². The molecule has 0 saturated carbocycles. The zero-order valence-electron chi connectivity index (χ0n) is 31.9. The molecule has 0 fully saturated rings. The maximum atomic E-state index is 12.6. The number of amides is 6. The lowest BCUT2D eigenvalue weighted by Crippen LogP contribution is -2.50. The summed E-state index contributed by atoms with van der Waals surface area (Å²) in [5, 5.41) is 10.5. The third-order valence-corrected chi connectivity index (χ3v) is 8.17. The third kappa shape index (κ3) is 17.9. The average molecular weight is 770 g/mol. The molecule has 1 aliphatic rings. The average Bonchev–Trinajstić information content (AvgIpc) is 3.47. The second-order valence-corrected chi connectivity index (χ2v) is 13.0. The third-order valence-electron chi connectivity index (χ3n) is 8.17. The molecule has 308 valence electrons. The first kappa shape index (κ1) is 45.4. The Labute approximate surface area is 322 Å². The number of benzene rings is 1. The van der Waals surface area contributed by atoms with Crippen LogP contribution in [0.2, 0.25) is 0 Å². The van der Waals surface area contributed by atoms with Crippen LogP contribution in [0.1, 0.15) is 65.2 Å². The summed E-state index contributed by atoms with van der Waals surface area (Å²) >= 11 is 0. The van der Waals surface area contributed by atoms with Crippen LogP contribution in [0.4, 0.5) is 5.69 Å². The van der Waals surface area contributed by atoms with Crippen molar-refractivity contribution in [2.75, 3.05) is 71.3 Å². The van der Waals surface area contributed by atoms with Gasteiger partial charge in [0.1, 0.15) is 18.7 Å². The molecule has 1 aromatic rings. The second-order valence-electron chi connectivity index (χ2n) is 13.0. The molecule has 0 spiro atoms. The van der Waals surface area contributed by atoms with Gasteiger partial charge in [-0.2, -0.15) is 0 Å². The van der Waals surface area contributed by atoms with Gasteiger partial charge in [-0.25, -0.2) is 0 Å². The van der Waals surface area contributed by atoms with Crippen LogP contribution in [0.3, 0.4) is 0 Å². The molecule has 54 heavy (non-hydrogen) atoms. The van der Waals surface area contributed by atoms with E-state index in [1.807, 2.05) is 20.8 Å². The van der Waals surface area contributed by atoms with Gasteiger partial charge in [0.05, 0.1) is 58.3 Å². The Kier molecular flexibility index (Phi) is 20.7. The Hall–Kier alpha value is -4.71. The highest BCUT2D eigenvalue weighted by molar-refractivity contribution is 6.13. The first-order chi connectivity index (χ1) is 25.7. The molecular weight excluding hydrogens is 706 g/mol. The normalized spacial score (nSPS) is 13.7. The minimum absolute atomic E-state index is 0. The molecule has 1 heterocycles. The highest BCUT2D eigenvalue weighted by atomic mass is 16.6. The molecule has 17 heteroatoms. The Morgan fingerprint density at radius 2 is 1.26 bits per heavy atom. The van der Waals surface area contributed by atoms with Gasteiger partial charge >= 0.3 is 5.97 Å². The number of hydrogen-bond donors (Lipinski definition) is 4. The van der Waals surface area contributed by atoms with E-state index in [0.29, 0.717) is 45.1 Å².